The molecule has 0 aromatic heterocycles. The van der Waals surface area contributed by atoms with E-state index in [-0.39, 0.29) is 17.7 Å². The number of carbonyl (C=O) groups is 2. The first-order chi connectivity index (χ1) is 10.1. The van der Waals surface area contributed by atoms with Gasteiger partial charge in [-0.25, -0.2) is 0 Å². The molecule has 0 saturated heterocycles. The van der Waals surface area contributed by atoms with Gasteiger partial charge in [-0.05, 0) is 37.1 Å². The zero-order valence-corrected chi connectivity index (χ0v) is 12.6. The van der Waals surface area contributed by atoms with Crippen molar-refractivity contribution in [2.24, 2.45) is 5.92 Å². The number of nitrogens with one attached hydrogen (secondary N) is 1. The molecule has 114 valence electrons. The molecular weight excluding hydrogens is 268 g/mol. The maximum atomic E-state index is 11.8. The third kappa shape index (κ3) is 3.97. The van der Waals surface area contributed by atoms with Gasteiger partial charge < -0.3 is 15.0 Å². The van der Waals surface area contributed by atoms with Gasteiger partial charge in [0.05, 0.1) is 7.11 Å². The van der Waals surface area contributed by atoms with Crippen LogP contribution in [0.2, 0.25) is 0 Å². The Hall–Kier alpha value is -2.04. The zero-order chi connectivity index (χ0) is 15.2. The van der Waals surface area contributed by atoms with Gasteiger partial charge in [0, 0.05) is 31.6 Å². The van der Waals surface area contributed by atoms with Gasteiger partial charge in [-0.2, -0.15) is 0 Å². The average Bonchev–Trinajstić information content (AvgIpc) is 2.41. The minimum atomic E-state index is -0.0435. The summed E-state index contributed by atoms with van der Waals surface area (Å²) in [6.45, 7) is 2.47. The highest BCUT2D eigenvalue weighted by Gasteiger charge is 2.24. The fourth-order valence-corrected chi connectivity index (χ4v) is 2.34. The van der Waals surface area contributed by atoms with E-state index in [1.54, 1.807) is 12.0 Å². The lowest BCUT2D eigenvalue weighted by Gasteiger charge is -2.26. The highest BCUT2D eigenvalue weighted by Crippen LogP contribution is 2.26. The van der Waals surface area contributed by atoms with E-state index in [1.807, 2.05) is 24.3 Å². The molecule has 1 fully saturated rings. The first kappa shape index (κ1) is 15.4. The highest BCUT2D eigenvalue weighted by molar-refractivity contribution is 5.91. The number of nitrogens with zero attached hydrogens (tertiary/aromatic N) is 1. The van der Waals surface area contributed by atoms with Gasteiger partial charge in [0.25, 0.3) is 0 Å². The van der Waals surface area contributed by atoms with E-state index in [0.29, 0.717) is 13.1 Å². The Balaban J connectivity index is 1.89. The number of anilines is 1. The molecule has 1 aliphatic carbocycles. The van der Waals surface area contributed by atoms with Crippen LogP contribution in [-0.2, 0) is 9.59 Å². The molecule has 1 aromatic rings. The predicted octanol–water partition coefficient (Wildman–Crippen LogP) is 1.96. The van der Waals surface area contributed by atoms with E-state index in [2.05, 4.69) is 5.32 Å². The molecule has 2 rings (SSSR count). The number of hydrogen-bond donors (Lipinski definition) is 1. The van der Waals surface area contributed by atoms with Crippen LogP contribution in [-0.4, -0.2) is 32.0 Å². The van der Waals surface area contributed by atoms with Crippen molar-refractivity contribution in [3.05, 3.63) is 24.3 Å². The van der Waals surface area contributed by atoms with E-state index in [4.69, 9.17) is 4.74 Å². The van der Waals surface area contributed by atoms with Crippen molar-refractivity contribution in [1.82, 2.24) is 5.32 Å². The maximum Gasteiger partial charge on any atom is 0.223 e. The summed E-state index contributed by atoms with van der Waals surface area (Å²) < 4.78 is 5.11. The minimum absolute atomic E-state index is 0.0435. The van der Waals surface area contributed by atoms with E-state index in [1.165, 1.54) is 6.92 Å². The van der Waals surface area contributed by atoms with Gasteiger partial charge in [0.2, 0.25) is 11.8 Å². The molecule has 0 spiro atoms. The minimum Gasteiger partial charge on any atom is -0.497 e. The molecule has 0 atom stereocenters. The standard InChI is InChI=1S/C16H22N2O3/c1-12(19)18(14-6-8-15(21-2)9-7-14)11-10-17-16(20)13-4-3-5-13/h6-9,13H,3-5,10-11H2,1-2H3,(H,17,20). The number of ether oxygens (including phenoxy) is 1. The zero-order valence-electron chi connectivity index (χ0n) is 12.6. The van der Waals surface area contributed by atoms with Crippen molar-refractivity contribution in [3.8, 4) is 5.75 Å². The SMILES string of the molecule is COc1ccc(N(CCNC(=O)C2CCC2)C(C)=O)cc1. The highest BCUT2D eigenvalue weighted by atomic mass is 16.5. The van der Waals surface area contributed by atoms with Crippen LogP contribution in [0.4, 0.5) is 5.69 Å². The van der Waals surface area contributed by atoms with Gasteiger partial charge in [-0.3, -0.25) is 9.59 Å². The lowest BCUT2D eigenvalue weighted by molar-refractivity contribution is -0.127. The fourth-order valence-electron chi connectivity index (χ4n) is 2.34. The van der Waals surface area contributed by atoms with Gasteiger partial charge in [0.15, 0.2) is 0 Å². The molecule has 0 bridgehead atoms. The first-order valence-electron chi connectivity index (χ1n) is 7.31. The predicted molar refractivity (Wildman–Crippen MR) is 81.4 cm³/mol. The molecular formula is C16H22N2O3. The van der Waals surface area contributed by atoms with E-state index >= 15 is 0 Å². The molecule has 0 radical (unpaired) electrons. The Kier molecular flexibility index (Phi) is 5.20. The molecule has 1 saturated carbocycles. The Morgan fingerprint density at radius 2 is 1.95 bits per heavy atom. The van der Waals surface area contributed by atoms with Crippen molar-refractivity contribution in [2.45, 2.75) is 26.2 Å². The van der Waals surface area contributed by atoms with Crippen LogP contribution in [0.3, 0.4) is 0 Å². The van der Waals surface area contributed by atoms with Gasteiger partial charge in [-0.1, -0.05) is 6.42 Å². The summed E-state index contributed by atoms with van der Waals surface area (Å²) in [6, 6.07) is 7.32. The second-order valence-corrected chi connectivity index (χ2v) is 5.29. The van der Waals surface area contributed by atoms with Crippen LogP contribution >= 0.6 is 0 Å². The monoisotopic (exact) mass is 290 g/mol. The Morgan fingerprint density at radius 1 is 1.29 bits per heavy atom. The lowest BCUT2D eigenvalue weighted by Crippen LogP contribution is -2.41. The smallest absolute Gasteiger partial charge is 0.223 e. The van der Waals surface area contributed by atoms with Crippen molar-refractivity contribution in [1.29, 1.82) is 0 Å². The number of amides is 2. The molecule has 1 aromatic carbocycles. The molecule has 5 heteroatoms. The van der Waals surface area contributed by atoms with E-state index in [0.717, 1.165) is 30.7 Å². The number of benzene rings is 1. The van der Waals surface area contributed by atoms with E-state index < -0.39 is 0 Å². The van der Waals surface area contributed by atoms with Crippen LogP contribution < -0.4 is 15.0 Å². The second-order valence-electron chi connectivity index (χ2n) is 5.29. The molecule has 0 unspecified atom stereocenters. The van der Waals surface area contributed by atoms with Crippen LogP contribution in [0, 0.1) is 5.92 Å². The molecule has 1 N–H and O–H groups in total. The van der Waals surface area contributed by atoms with E-state index in [9.17, 15) is 9.59 Å². The third-order valence-electron chi connectivity index (χ3n) is 3.87. The van der Waals surface area contributed by atoms with Gasteiger partial charge >= 0.3 is 0 Å². The molecule has 0 aliphatic heterocycles. The number of hydrogen-bond acceptors (Lipinski definition) is 3. The van der Waals surface area contributed by atoms with Crippen molar-refractivity contribution >= 4 is 17.5 Å². The average molecular weight is 290 g/mol. The summed E-state index contributed by atoms with van der Waals surface area (Å²) in [5.41, 5.74) is 0.807. The van der Waals surface area contributed by atoms with Crippen LogP contribution in [0.25, 0.3) is 0 Å². The Bertz CT molecular complexity index is 495. The fraction of sp³-hybridized carbons (Fsp3) is 0.500. The number of methoxy groups -OCH3 is 1. The molecule has 1 aliphatic rings. The van der Waals surface area contributed by atoms with Crippen LogP contribution in [0.5, 0.6) is 5.75 Å². The van der Waals surface area contributed by atoms with Gasteiger partial charge in [-0.15, -0.1) is 0 Å². The molecule has 21 heavy (non-hydrogen) atoms. The van der Waals surface area contributed by atoms with Crippen molar-refractivity contribution in [3.63, 3.8) is 0 Å². The normalized spacial score (nSPS) is 14.2. The molecule has 5 nitrogen and oxygen atoms in total. The largest absolute Gasteiger partial charge is 0.497 e. The summed E-state index contributed by atoms with van der Waals surface area (Å²) in [7, 11) is 1.60. The summed E-state index contributed by atoms with van der Waals surface area (Å²) in [6.07, 6.45) is 3.12. The van der Waals surface area contributed by atoms with Crippen molar-refractivity contribution < 1.29 is 14.3 Å². The second kappa shape index (κ2) is 7.11. The third-order valence-corrected chi connectivity index (χ3v) is 3.87. The van der Waals surface area contributed by atoms with Crippen LogP contribution in [0.1, 0.15) is 26.2 Å². The Labute approximate surface area is 125 Å². The maximum absolute atomic E-state index is 11.8. The summed E-state index contributed by atoms with van der Waals surface area (Å²) in [5, 5.41) is 2.90. The summed E-state index contributed by atoms with van der Waals surface area (Å²) in [4.78, 5) is 25.2. The van der Waals surface area contributed by atoms with Gasteiger partial charge in [0.1, 0.15) is 5.75 Å². The summed E-state index contributed by atoms with van der Waals surface area (Å²) >= 11 is 0. The summed E-state index contributed by atoms with van der Waals surface area (Å²) in [5.74, 6) is 0.995. The lowest BCUT2D eigenvalue weighted by atomic mass is 9.85. The quantitative estimate of drug-likeness (QED) is 0.871. The Morgan fingerprint density at radius 3 is 2.43 bits per heavy atom. The first-order valence-corrected chi connectivity index (χ1v) is 7.31. The van der Waals surface area contributed by atoms with Crippen LogP contribution in [0.15, 0.2) is 24.3 Å². The molecule has 0 heterocycles. The number of rotatable bonds is 6. The molecule has 2 amide bonds. The number of carbonyl (C=O) groups excluding carboxylic acids is 2. The topological polar surface area (TPSA) is 58.6 Å². The van der Waals surface area contributed by atoms with Crippen molar-refractivity contribution in [2.75, 3.05) is 25.1 Å².